The molecule has 8 N–H and O–H groups in total. The molecule has 338 valence electrons. The Balaban J connectivity index is 0.00000871. The number of fused-ring (bicyclic) bond motifs is 8. The maximum atomic E-state index is 12.6. The molecule has 0 radical (unpaired) electrons. The largest absolute Gasteiger partial charge is 4.00 e. The molecule has 1 aromatic rings. The summed E-state index contributed by atoms with van der Waals surface area (Å²) in [7, 11) is 0. The Morgan fingerprint density at radius 3 is 1.70 bits per heavy atom. The molecule has 1 unspecified atom stereocenters. The van der Waals surface area contributed by atoms with Crippen LogP contribution in [-0.4, -0.2) is 94.6 Å². The number of aromatic nitrogens is 1. The van der Waals surface area contributed by atoms with Crippen LogP contribution in [0.1, 0.15) is 101 Å². The van der Waals surface area contributed by atoms with Gasteiger partial charge < -0.3 is 61.8 Å². The van der Waals surface area contributed by atoms with Crippen LogP contribution in [0.25, 0.3) is 28.1 Å². The van der Waals surface area contributed by atoms with Crippen molar-refractivity contribution >= 4 is 59.9 Å². The molecule has 0 amide bonds. The molecule has 2 fully saturated rings. The van der Waals surface area contributed by atoms with Crippen LogP contribution in [0.5, 0.6) is 0 Å². The molecule has 0 aliphatic carbocycles. The van der Waals surface area contributed by atoms with Crippen molar-refractivity contribution in [1.82, 2.24) is 4.98 Å². The predicted molar refractivity (Wildman–Crippen MR) is 214 cm³/mol. The Morgan fingerprint density at radius 1 is 0.571 bits per heavy atom. The van der Waals surface area contributed by atoms with E-state index in [1.165, 1.54) is 31.2 Å². The number of carbonyl (C=O) groups is 8. The number of nitrogens with zero attached hydrogens (tertiary/aromatic N) is 4. The van der Waals surface area contributed by atoms with Gasteiger partial charge in [0.2, 0.25) is 0 Å². The molecule has 4 aliphatic heterocycles. The maximum Gasteiger partial charge on any atom is 4.00 e. The van der Waals surface area contributed by atoms with Crippen LogP contribution >= 0.6 is 0 Å². The third-order valence-electron chi connectivity index (χ3n) is 12.0. The van der Waals surface area contributed by atoms with E-state index in [-0.39, 0.29) is 99.3 Å². The first-order chi connectivity index (χ1) is 29.0. The summed E-state index contributed by atoms with van der Waals surface area (Å²) in [6.07, 6.45) is 0.445. The van der Waals surface area contributed by atoms with Gasteiger partial charge in [-0.25, -0.2) is 0 Å². The summed E-state index contributed by atoms with van der Waals surface area (Å²) in [5, 5.41) is 94.2. The second kappa shape index (κ2) is 19.8. The van der Waals surface area contributed by atoms with Crippen LogP contribution in [0.3, 0.4) is 0 Å². The number of carboxylic acid groups (broad SMARTS) is 8. The molecule has 5 heterocycles. The Labute approximate surface area is 370 Å². The molecule has 2 saturated heterocycles. The number of aliphatic carboxylic acids is 8. The van der Waals surface area contributed by atoms with Gasteiger partial charge in [0, 0.05) is 25.7 Å². The number of carboxylic acids is 8. The van der Waals surface area contributed by atoms with E-state index in [0.29, 0.717) is 0 Å². The van der Waals surface area contributed by atoms with E-state index < -0.39 is 134 Å². The zero-order chi connectivity index (χ0) is 45.8. The second-order valence-corrected chi connectivity index (χ2v) is 16.3. The Kier molecular flexibility index (Phi) is 15.5. The molecular weight excluding hydrogens is 872 g/mol. The van der Waals surface area contributed by atoms with Crippen molar-refractivity contribution in [2.45, 2.75) is 96.9 Å². The van der Waals surface area contributed by atoms with Crippen molar-refractivity contribution in [3.8, 4) is 0 Å². The summed E-state index contributed by atoms with van der Waals surface area (Å²) in [6, 6.07) is -1.17. The van der Waals surface area contributed by atoms with Gasteiger partial charge in [0.05, 0.1) is 25.7 Å². The minimum absolute atomic E-state index is 0. The van der Waals surface area contributed by atoms with Crippen molar-refractivity contribution in [1.29, 1.82) is 0 Å². The molecule has 0 spiro atoms. The van der Waals surface area contributed by atoms with Crippen LogP contribution in [0, 0.1) is 28.6 Å². The molecule has 1 aromatic heterocycles. The van der Waals surface area contributed by atoms with Crippen molar-refractivity contribution in [2.75, 3.05) is 0 Å². The fourth-order valence-corrected chi connectivity index (χ4v) is 9.13. The van der Waals surface area contributed by atoms with E-state index in [1.54, 1.807) is 6.92 Å². The molecule has 8 bridgehead atoms. The fraction of sp³-hybridized carbons (Fsp3) is 0.476. The summed E-state index contributed by atoms with van der Waals surface area (Å²) in [6.45, 7) is 3.08. The van der Waals surface area contributed by atoms with E-state index in [0.717, 1.165) is 0 Å². The first kappa shape index (κ1) is 49.3. The zero-order valence-corrected chi connectivity index (χ0v) is 35.2. The molecule has 4 aliphatic rings. The van der Waals surface area contributed by atoms with Gasteiger partial charge in [0.15, 0.2) is 0 Å². The molecule has 6 atom stereocenters. The van der Waals surface area contributed by atoms with Gasteiger partial charge in [-0.3, -0.25) is 38.4 Å². The topological polar surface area (TPSA) is 355 Å². The molecule has 5 rings (SSSR count). The van der Waals surface area contributed by atoms with E-state index in [9.17, 15) is 79.2 Å². The van der Waals surface area contributed by atoms with Gasteiger partial charge in [-0.2, -0.15) is 22.8 Å². The summed E-state index contributed by atoms with van der Waals surface area (Å²) >= 11 is 0. The van der Waals surface area contributed by atoms with Crippen molar-refractivity contribution in [3.05, 3.63) is 84.7 Å². The third kappa shape index (κ3) is 11.2. The SMILES string of the molecule is C[C@]1(CC(=O)O)C(CCC(=O)O)=C2/C=C3\[N-]/C(=C\c4[n-]c(c(CCC(=O)O)c4CC(=O)O)/C=C4/[N-]/C(=C\C1[N-]2)[C@@H](CC(=O)O)[C@H]4CCC(=O)O)[C@@H](CCC(=O)O)[C@]3(C)CC(=O)O.[Fe+4]. The van der Waals surface area contributed by atoms with Gasteiger partial charge in [0.25, 0.3) is 0 Å². The van der Waals surface area contributed by atoms with Gasteiger partial charge in [-0.05, 0) is 59.8 Å². The van der Waals surface area contributed by atoms with Gasteiger partial charge >= 0.3 is 64.8 Å². The van der Waals surface area contributed by atoms with Crippen LogP contribution in [0.2, 0.25) is 0 Å². The van der Waals surface area contributed by atoms with Crippen molar-refractivity contribution < 1.29 is 96.3 Å². The van der Waals surface area contributed by atoms with Crippen LogP contribution in [-0.2, 0) is 68.3 Å². The van der Waals surface area contributed by atoms with Gasteiger partial charge in [-0.1, -0.05) is 49.3 Å². The number of hydrogen-bond acceptors (Lipinski definition) is 8. The minimum Gasteiger partial charge on any atom is -0.678 e. The first-order valence-corrected chi connectivity index (χ1v) is 19.7. The van der Waals surface area contributed by atoms with E-state index in [4.69, 9.17) is 20.9 Å². The molecule has 0 aromatic carbocycles. The number of allylic oxidation sites excluding steroid dienone is 5. The number of hydrogen-bond donors (Lipinski definition) is 8. The summed E-state index contributed by atoms with van der Waals surface area (Å²) in [4.78, 5) is 103. The van der Waals surface area contributed by atoms with Gasteiger partial charge in [0.1, 0.15) is 0 Å². The van der Waals surface area contributed by atoms with E-state index in [2.05, 4.69) is 0 Å². The fourth-order valence-electron chi connectivity index (χ4n) is 9.13. The van der Waals surface area contributed by atoms with Crippen LogP contribution in [0.15, 0.2) is 46.2 Å². The summed E-state index contributed by atoms with van der Waals surface area (Å²) in [5.74, 6) is -13.0. The summed E-state index contributed by atoms with van der Waals surface area (Å²) < 4.78 is 0. The standard InChI is InChI=1S/C42H46N4O16.Fe/c1-41(17-39(59)60)23(5-9-35(51)52)29-14-27-21(11-37(55)56)19(3-7-33(47)48)25(43-27)13-26-20(4-8-34(49)50)22(12-38(57)58)28(44-26)15-31-42(2,18-40(61)62)24(6-10-36(53)54)30(46-31)16-32(41)45-29;/h13-16,20,22-23,31H,3-12,17-18H2,1-2H3,(H,47,48)(H,49,50)(H,51,52)(H,53,54)(H,55,56)(H,57,58)(H,59,60)(H,61,62);/q-4;+4/b26-13+,28-15-,29-14-,32-16-;/t20-,22+,23-,31?,41+,42+;/m1./s1. The Bertz CT molecular complexity index is 2250. The van der Waals surface area contributed by atoms with Crippen LogP contribution < -0.4 is 4.98 Å². The maximum absolute atomic E-state index is 12.6. The van der Waals surface area contributed by atoms with E-state index in [1.807, 2.05) is 0 Å². The summed E-state index contributed by atoms with van der Waals surface area (Å²) in [5.41, 5.74) is -2.14. The minimum atomic E-state index is -1.50. The normalized spacial score (nSPS) is 27.9. The Hall–Kier alpha value is -6.34. The second-order valence-electron chi connectivity index (χ2n) is 16.3. The van der Waals surface area contributed by atoms with Gasteiger partial charge in [-0.15, -0.1) is 23.2 Å². The zero-order valence-electron chi connectivity index (χ0n) is 34.1. The van der Waals surface area contributed by atoms with E-state index >= 15 is 0 Å². The monoisotopic (exact) mass is 918 g/mol. The molecule has 21 heteroatoms. The first-order valence-electron chi connectivity index (χ1n) is 19.7. The third-order valence-corrected chi connectivity index (χ3v) is 12.0. The van der Waals surface area contributed by atoms with Crippen LogP contribution in [0.4, 0.5) is 0 Å². The Morgan fingerprint density at radius 2 is 1.13 bits per heavy atom. The average molecular weight is 919 g/mol. The number of rotatable bonds is 20. The predicted octanol–water partition coefficient (Wildman–Crippen LogP) is 5.41. The average Bonchev–Trinajstić information content (AvgIpc) is 3.77. The van der Waals surface area contributed by atoms with Crippen molar-refractivity contribution in [2.24, 2.45) is 28.6 Å². The van der Waals surface area contributed by atoms with Crippen molar-refractivity contribution in [3.63, 3.8) is 0 Å². The molecule has 63 heavy (non-hydrogen) atoms. The molecule has 0 saturated carbocycles. The smallest absolute Gasteiger partial charge is 0.678 e. The quantitative estimate of drug-likeness (QED) is 0.0757. The molecule has 20 nitrogen and oxygen atoms in total. The molecular formula is C42H46FeN4O16.